The van der Waals surface area contributed by atoms with Gasteiger partial charge in [-0.25, -0.2) is 4.39 Å². The van der Waals surface area contributed by atoms with E-state index in [2.05, 4.69) is 15.5 Å². The van der Waals surface area contributed by atoms with Crippen LogP contribution in [0, 0.1) is 5.82 Å². The molecule has 1 aliphatic heterocycles. The van der Waals surface area contributed by atoms with Crippen LogP contribution in [-0.4, -0.2) is 59.9 Å². The summed E-state index contributed by atoms with van der Waals surface area (Å²) in [6.07, 6.45) is 2.59. The minimum Gasteiger partial charge on any atom is -0.497 e. The molecule has 34 heavy (non-hydrogen) atoms. The summed E-state index contributed by atoms with van der Waals surface area (Å²) in [5.41, 5.74) is 0.771. The summed E-state index contributed by atoms with van der Waals surface area (Å²) < 4.78 is 32.6. The van der Waals surface area contributed by atoms with Gasteiger partial charge in [-0.1, -0.05) is 23.9 Å². The van der Waals surface area contributed by atoms with Crippen LogP contribution in [0.15, 0.2) is 47.6 Å². The molecule has 0 aliphatic carbocycles. The molecule has 0 unspecified atom stereocenters. The number of carbonyl (C=O) groups is 1. The number of aromatic nitrogens is 3. The second kappa shape index (κ2) is 11.3. The molecule has 8 nitrogen and oxygen atoms in total. The average molecular weight is 487 g/mol. The first-order valence-corrected chi connectivity index (χ1v) is 12.0. The molecule has 3 aromatic rings. The van der Waals surface area contributed by atoms with Crippen LogP contribution in [-0.2, 0) is 11.2 Å². The van der Waals surface area contributed by atoms with E-state index in [9.17, 15) is 9.18 Å². The number of methoxy groups -OCH3 is 2. The fourth-order valence-electron chi connectivity index (χ4n) is 3.74. The Hall–Kier alpha value is -3.11. The van der Waals surface area contributed by atoms with Crippen LogP contribution < -0.4 is 14.8 Å². The van der Waals surface area contributed by atoms with Gasteiger partial charge in [0.15, 0.2) is 5.16 Å². The first kappa shape index (κ1) is 24.0. The molecular weight excluding hydrogens is 459 g/mol. The zero-order chi connectivity index (χ0) is 23.9. The van der Waals surface area contributed by atoms with Gasteiger partial charge in [0, 0.05) is 31.4 Å². The van der Waals surface area contributed by atoms with Gasteiger partial charge in [-0.3, -0.25) is 9.36 Å². The smallest absolute Gasteiger partial charge is 0.255 e. The van der Waals surface area contributed by atoms with Gasteiger partial charge in [-0.05, 0) is 37.1 Å². The van der Waals surface area contributed by atoms with Crippen LogP contribution >= 0.6 is 11.8 Å². The maximum atomic E-state index is 14.7. The van der Waals surface area contributed by atoms with E-state index in [0.717, 1.165) is 25.2 Å². The first-order chi connectivity index (χ1) is 16.6. The number of thioether (sulfide) groups is 1. The van der Waals surface area contributed by atoms with Gasteiger partial charge in [0.25, 0.3) is 5.91 Å². The lowest BCUT2D eigenvalue weighted by molar-refractivity contribution is 0.0951. The highest BCUT2D eigenvalue weighted by Crippen LogP contribution is 2.27. The molecule has 1 N–H and O–H groups in total. The minimum atomic E-state index is -0.366. The number of para-hydroxylation sites is 1. The van der Waals surface area contributed by atoms with Gasteiger partial charge in [-0.2, -0.15) is 0 Å². The summed E-state index contributed by atoms with van der Waals surface area (Å²) in [6.45, 7) is 1.06. The van der Waals surface area contributed by atoms with Crippen molar-refractivity contribution in [2.75, 3.05) is 33.1 Å². The number of benzene rings is 2. The lowest BCUT2D eigenvalue weighted by Crippen LogP contribution is -2.27. The first-order valence-electron chi connectivity index (χ1n) is 11.0. The van der Waals surface area contributed by atoms with Crippen LogP contribution in [0.4, 0.5) is 4.39 Å². The van der Waals surface area contributed by atoms with Crippen LogP contribution in [0.5, 0.6) is 11.5 Å². The molecule has 0 saturated carbocycles. The van der Waals surface area contributed by atoms with Crippen molar-refractivity contribution >= 4 is 17.7 Å². The monoisotopic (exact) mass is 486 g/mol. The number of halogens is 1. The van der Waals surface area contributed by atoms with Gasteiger partial charge in [0.05, 0.1) is 31.6 Å². The van der Waals surface area contributed by atoms with Crippen molar-refractivity contribution in [1.82, 2.24) is 20.1 Å². The topological polar surface area (TPSA) is 87.5 Å². The van der Waals surface area contributed by atoms with Crippen LogP contribution in [0.25, 0.3) is 5.69 Å². The molecule has 10 heteroatoms. The van der Waals surface area contributed by atoms with Crippen LogP contribution in [0.2, 0.25) is 0 Å². The summed E-state index contributed by atoms with van der Waals surface area (Å²) in [5.74, 6) is 1.64. The van der Waals surface area contributed by atoms with E-state index >= 15 is 0 Å². The predicted molar refractivity (Wildman–Crippen MR) is 127 cm³/mol. The second-order valence-corrected chi connectivity index (χ2v) is 8.69. The quantitative estimate of drug-likeness (QED) is 0.438. The molecule has 180 valence electrons. The third-order valence-electron chi connectivity index (χ3n) is 5.50. The van der Waals surface area contributed by atoms with E-state index in [-0.39, 0.29) is 24.4 Å². The lowest BCUT2D eigenvalue weighted by Gasteiger charge is -2.13. The summed E-state index contributed by atoms with van der Waals surface area (Å²) in [4.78, 5) is 12.7. The fraction of sp³-hybridized carbons (Fsp3) is 0.375. The number of ether oxygens (including phenoxy) is 3. The van der Waals surface area contributed by atoms with E-state index < -0.39 is 0 Å². The molecule has 4 rings (SSSR count). The average Bonchev–Trinajstić information content (AvgIpc) is 3.52. The molecule has 0 spiro atoms. The van der Waals surface area contributed by atoms with E-state index in [4.69, 9.17) is 14.2 Å². The van der Waals surface area contributed by atoms with Gasteiger partial charge in [-0.15, -0.1) is 10.2 Å². The Morgan fingerprint density at radius 3 is 2.82 bits per heavy atom. The van der Waals surface area contributed by atoms with E-state index in [0.29, 0.717) is 40.2 Å². The van der Waals surface area contributed by atoms with Gasteiger partial charge in [0.1, 0.15) is 23.1 Å². The number of nitrogens with zero attached hydrogens (tertiary/aromatic N) is 3. The summed E-state index contributed by atoms with van der Waals surface area (Å²) in [6, 6.07) is 11.5. The van der Waals surface area contributed by atoms with Crippen molar-refractivity contribution in [3.05, 3.63) is 59.7 Å². The summed E-state index contributed by atoms with van der Waals surface area (Å²) in [7, 11) is 3.05. The standard InChI is InChI=1S/C24H27FN4O4S/c1-31-16-9-10-18(21(14-16)32-2)23(30)26-12-11-22-27-28-24(34-15-17-6-5-13-33-17)29(22)20-8-4-3-7-19(20)25/h3-4,7-10,14,17H,5-6,11-13,15H2,1-2H3,(H,26,30)/t17-/m1/s1. The molecular formula is C24H27FN4O4S. The van der Waals surface area contributed by atoms with Crippen molar-refractivity contribution in [3.8, 4) is 17.2 Å². The van der Waals surface area contributed by atoms with Crippen molar-refractivity contribution in [3.63, 3.8) is 0 Å². The maximum Gasteiger partial charge on any atom is 0.255 e. The van der Waals surface area contributed by atoms with Crippen LogP contribution in [0.3, 0.4) is 0 Å². The molecule has 0 radical (unpaired) electrons. The van der Waals surface area contributed by atoms with E-state index in [1.54, 1.807) is 48.1 Å². The minimum absolute atomic E-state index is 0.165. The zero-order valence-corrected chi connectivity index (χ0v) is 19.9. The third-order valence-corrected chi connectivity index (χ3v) is 6.56. The zero-order valence-electron chi connectivity index (χ0n) is 19.1. The highest BCUT2D eigenvalue weighted by molar-refractivity contribution is 7.99. The Kier molecular flexibility index (Phi) is 8.02. The van der Waals surface area contributed by atoms with Crippen LogP contribution in [0.1, 0.15) is 29.0 Å². The Bertz CT molecular complexity index is 1130. The Morgan fingerprint density at radius 2 is 2.09 bits per heavy atom. The highest BCUT2D eigenvalue weighted by atomic mass is 32.2. The number of amides is 1. The third kappa shape index (κ3) is 5.51. The van der Waals surface area contributed by atoms with Crippen molar-refractivity contribution in [2.24, 2.45) is 0 Å². The molecule has 1 fully saturated rings. The molecule has 1 saturated heterocycles. The molecule has 2 aromatic carbocycles. The molecule has 0 bridgehead atoms. The number of hydrogen-bond donors (Lipinski definition) is 1. The molecule has 1 atom stereocenters. The summed E-state index contributed by atoms with van der Waals surface area (Å²) >= 11 is 1.50. The molecule has 1 aromatic heterocycles. The predicted octanol–water partition coefficient (Wildman–Crippen LogP) is 3.67. The SMILES string of the molecule is COc1ccc(C(=O)NCCc2nnc(SC[C@H]3CCCO3)n2-c2ccccc2F)c(OC)c1. The number of rotatable bonds is 10. The van der Waals surface area contributed by atoms with E-state index in [1.165, 1.54) is 24.9 Å². The Balaban J connectivity index is 1.48. The Morgan fingerprint density at radius 1 is 1.24 bits per heavy atom. The lowest BCUT2D eigenvalue weighted by atomic mass is 10.1. The van der Waals surface area contributed by atoms with Crippen molar-refractivity contribution < 1.29 is 23.4 Å². The second-order valence-electron chi connectivity index (χ2n) is 7.70. The fourth-order valence-corrected chi connectivity index (χ4v) is 4.77. The molecule has 1 aliphatic rings. The van der Waals surface area contributed by atoms with E-state index in [1.807, 2.05) is 0 Å². The maximum absolute atomic E-state index is 14.7. The van der Waals surface area contributed by atoms with Crippen molar-refractivity contribution in [1.29, 1.82) is 0 Å². The number of hydrogen-bond acceptors (Lipinski definition) is 7. The van der Waals surface area contributed by atoms with Gasteiger partial charge in [0.2, 0.25) is 0 Å². The Labute approximate surface area is 201 Å². The number of carbonyl (C=O) groups excluding carboxylic acids is 1. The number of nitrogens with one attached hydrogen (secondary N) is 1. The van der Waals surface area contributed by atoms with Gasteiger partial charge < -0.3 is 19.5 Å². The van der Waals surface area contributed by atoms with Crippen molar-refractivity contribution in [2.45, 2.75) is 30.5 Å². The molecule has 1 amide bonds. The highest BCUT2D eigenvalue weighted by Gasteiger charge is 2.21. The summed E-state index contributed by atoms with van der Waals surface area (Å²) in [5, 5.41) is 12.1. The van der Waals surface area contributed by atoms with Gasteiger partial charge >= 0.3 is 0 Å². The largest absolute Gasteiger partial charge is 0.497 e. The molecule has 2 heterocycles. The normalized spacial score (nSPS) is 15.3.